The second kappa shape index (κ2) is 5.50. The zero-order chi connectivity index (χ0) is 9.61. The lowest BCUT2D eigenvalue weighted by Crippen LogP contribution is -2.46. The second-order valence-corrected chi connectivity index (χ2v) is 2.62. The summed E-state index contributed by atoms with van der Waals surface area (Å²) in [4.78, 5) is 10.8. The van der Waals surface area contributed by atoms with Crippen LogP contribution in [0, 0.1) is 0 Å². The molecule has 72 valence electrons. The Bertz CT molecular complexity index is 142. The molecular weight excluding hydrogens is 228 g/mol. The first-order valence-corrected chi connectivity index (χ1v) is 4.82. The molecule has 0 bridgehead atoms. The first-order chi connectivity index (χ1) is 5.63. The molecule has 0 spiro atoms. The van der Waals surface area contributed by atoms with Crippen LogP contribution in [-0.4, -0.2) is 35.4 Å². The van der Waals surface area contributed by atoms with E-state index in [-0.39, 0.29) is 5.33 Å². The van der Waals surface area contributed by atoms with E-state index in [9.17, 15) is 4.79 Å². The summed E-state index contributed by atoms with van der Waals surface area (Å²) in [5.74, 6) is -2.63. The summed E-state index contributed by atoms with van der Waals surface area (Å²) in [5.41, 5.74) is 0. The Morgan fingerprint density at radius 2 is 1.83 bits per heavy atom. The van der Waals surface area contributed by atoms with Gasteiger partial charge in [-0.2, -0.15) is 0 Å². The van der Waals surface area contributed by atoms with Crippen molar-refractivity contribution < 1.29 is 19.4 Å². The number of halogens is 1. The van der Waals surface area contributed by atoms with Gasteiger partial charge in [-0.3, -0.25) is 0 Å². The maximum absolute atomic E-state index is 10.8. The molecule has 5 heteroatoms. The first kappa shape index (κ1) is 11.9. The van der Waals surface area contributed by atoms with E-state index in [1.54, 1.807) is 13.8 Å². The Balaban J connectivity index is 4.39. The van der Waals surface area contributed by atoms with Crippen LogP contribution in [0.4, 0.5) is 0 Å². The van der Waals surface area contributed by atoms with Crippen molar-refractivity contribution >= 4 is 21.9 Å². The first-order valence-electron chi connectivity index (χ1n) is 3.70. The minimum atomic E-state index is -1.52. The lowest BCUT2D eigenvalue weighted by Gasteiger charge is -2.26. The molecule has 0 aliphatic rings. The van der Waals surface area contributed by atoms with Gasteiger partial charge >= 0.3 is 5.97 Å². The quantitative estimate of drug-likeness (QED) is 0.561. The molecule has 0 aromatic carbocycles. The van der Waals surface area contributed by atoms with Crippen LogP contribution in [0.25, 0.3) is 0 Å². The highest BCUT2D eigenvalue weighted by Gasteiger charge is 2.39. The SMILES string of the molecule is CCOC(CBr)(OCC)C(=O)O. The molecule has 0 aromatic rings. The van der Waals surface area contributed by atoms with Crippen LogP contribution in [0.5, 0.6) is 0 Å². The van der Waals surface area contributed by atoms with Crippen molar-refractivity contribution in [3.8, 4) is 0 Å². The van der Waals surface area contributed by atoms with Crippen LogP contribution in [0.1, 0.15) is 13.8 Å². The summed E-state index contributed by atoms with van der Waals surface area (Å²) in [6, 6.07) is 0. The number of hydrogen-bond donors (Lipinski definition) is 1. The normalized spacial score (nSPS) is 11.6. The van der Waals surface area contributed by atoms with Crippen molar-refractivity contribution in [2.45, 2.75) is 19.6 Å². The van der Waals surface area contributed by atoms with E-state index in [1.165, 1.54) is 0 Å². The predicted octanol–water partition coefficient (Wildman–Crippen LogP) is 1.24. The third-order valence-electron chi connectivity index (χ3n) is 1.26. The third-order valence-corrected chi connectivity index (χ3v) is 1.99. The standard InChI is InChI=1S/C7H13BrO4/c1-3-11-7(5-8,6(9)10)12-4-2/h3-5H2,1-2H3,(H,9,10). The van der Waals surface area contributed by atoms with Crippen LogP contribution in [0.15, 0.2) is 0 Å². The maximum Gasteiger partial charge on any atom is 0.365 e. The number of rotatable bonds is 6. The molecule has 0 heterocycles. The van der Waals surface area contributed by atoms with E-state index in [1.807, 2.05) is 0 Å². The number of aliphatic carboxylic acids is 1. The summed E-state index contributed by atoms with van der Waals surface area (Å²) >= 11 is 3.04. The van der Waals surface area contributed by atoms with E-state index in [0.717, 1.165) is 0 Å². The summed E-state index contributed by atoms with van der Waals surface area (Å²) in [7, 11) is 0. The Hall–Kier alpha value is -0.130. The molecule has 0 aliphatic heterocycles. The number of hydrogen-bond acceptors (Lipinski definition) is 3. The van der Waals surface area contributed by atoms with Crippen LogP contribution in [0.2, 0.25) is 0 Å². The molecule has 0 radical (unpaired) electrons. The van der Waals surface area contributed by atoms with Crippen molar-refractivity contribution in [1.29, 1.82) is 0 Å². The van der Waals surface area contributed by atoms with E-state index in [2.05, 4.69) is 15.9 Å². The number of ether oxygens (including phenoxy) is 2. The fraction of sp³-hybridized carbons (Fsp3) is 0.857. The van der Waals surface area contributed by atoms with Crippen molar-refractivity contribution in [1.82, 2.24) is 0 Å². The topological polar surface area (TPSA) is 55.8 Å². The van der Waals surface area contributed by atoms with E-state index in [0.29, 0.717) is 13.2 Å². The van der Waals surface area contributed by atoms with Gasteiger partial charge in [-0.15, -0.1) is 0 Å². The number of carboxylic acids is 1. The van der Waals surface area contributed by atoms with Crippen molar-refractivity contribution in [2.24, 2.45) is 0 Å². The lowest BCUT2D eigenvalue weighted by molar-refractivity contribution is -0.230. The molecule has 0 aromatic heterocycles. The Kier molecular flexibility index (Phi) is 5.44. The molecule has 1 N–H and O–H groups in total. The van der Waals surface area contributed by atoms with Gasteiger partial charge in [0.25, 0.3) is 5.79 Å². The molecule has 0 saturated carbocycles. The van der Waals surface area contributed by atoms with Crippen molar-refractivity contribution in [3.63, 3.8) is 0 Å². The van der Waals surface area contributed by atoms with E-state index < -0.39 is 11.8 Å². The molecule has 0 unspecified atom stereocenters. The second-order valence-electron chi connectivity index (χ2n) is 2.06. The maximum atomic E-state index is 10.8. The van der Waals surface area contributed by atoms with Crippen LogP contribution in [0.3, 0.4) is 0 Å². The van der Waals surface area contributed by atoms with Gasteiger partial charge in [-0.1, -0.05) is 15.9 Å². The highest BCUT2D eigenvalue weighted by molar-refractivity contribution is 9.09. The molecule has 12 heavy (non-hydrogen) atoms. The van der Waals surface area contributed by atoms with Gasteiger partial charge in [-0.25, -0.2) is 4.79 Å². The van der Waals surface area contributed by atoms with Gasteiger partial charge in [0.2, 0.25) is 0 Å². The summed E-state index contributed by atoms with van der Waals surface area (Å²) in [6.45, 7) is 4.05. The Labute approximate surface area is 80.0 Å². The molecule has 0 saturated heterocycles. The number of carboxylic acid groups (broad SMARTS) is 1. The monoisotopic (exact) mass is 240 g/mol. The number of carbonyl (C=O) groups is 1. The van der Waals surface area contributed by atoms with Gasteiger partial charge in [0, 0.05) is 13.2 Å². The molecular formula is C7H13BrO4. The van der Waals surface area contributed by atoms with Gasteiger partial charge in [0.1, 0.15) is 0 Å². The van der Waals surface area contributed by atoms with E-state index in [4.69, 9.17) is 14.6 Å². The highest BCUT2D eigenvalue weighted by Crippen LogP contribution is 2.16. The Morgan fingerprint density at radius 3 is 2.00 bits per heavy atom. The largest absolute Gasteiger partial charge is 0.477 e. The average molecular weight is 241 g/mol. The highest BCUT2D eigenvalue weighted by atomic mass is 79.9. The molecule has 0 rings (SSSR count). The van der Waals surface area contributed by atoms with Crippen molar-refractivity contribution in [3.05, 3.63) is 0 Å². The van der Waals surface area contributed by atoms with Gasteiger partial charge in [-0.05, 0) is 13.8 Å². The third kappa shape index (κ3) is 2.73. The van der Waals surface area contributed by atoms with Gasteiger partial charge < -0.3 is 14.6 Å². The summed E-state index contributed by atoms with van der Waals surface area (Å²) in [5, 5.41) is 8.93. The lowest BCUT2D eigenvalue weighted by atomic mass is 10.3. The van der Waals surface area contributed by atoms with Crippen molar-refractivity contribution in [2.75, 3.05) is 18.5 Å². The summed E-state index contributed by atoms with van der Waals surface area (Å²) < 4.78 is 10.0. The van der Waals surface area contributed by atoms with Crippen LogP contribution in [-0.2, 0) is 14.3 Å². The van der Waals surface area contributed by atoms with Crippen LogP contribution >= 0.6 is 15.9 Å². The number of alkyl halides is 1. The zero-order valence-electron chi connectivity index (χ0n) is 7.17. The minimum Gasteiger partial charge on any atom is -0.477 e. The molecule has 4 nitrogen and oxygen atoms in total. The van der Waals surface area contributed by atoms with Gasteiger partial charge in [0.15, 0.2) is 0 Å². The molecule has 0 aliphatic carbocycles. The van der Waals surface area contributed by atoms with Gasteiger partial charge in [0.05, 0.1) is 5.33 Å². The average Bonchev–Trinajstić information content (AvgIpc) is 2.03. The fourth-order valence-electron chi connectivity index (χ4n) is 0.766. The molecule has 0 fully saturated rings. The van der Waals surface area contributed by atoms with Crippen LogP contribution < -0.4 is 0 Å². The Morgan fingerprint density at radius 1 is 1.42 bits per heavy atom. The molecule has 0 amide bonds. The summed E-state index contributed by atoms with van der Waals surface area (Å²) in [6.07, 6.45) is 0. The smallest absolute Gasteiger partial charge is 0.365 e. The molecule has 0 atom stereocenters. The minimum absolute atomic E-state index is 0.122. The predicted molar refractivity (Wildman–Crippen MR) is 47.4 cm³/mol. The fourth-order valence-corrected chi connectivity index (χ4v) is 1.33. The zero-order valence-corrected chi connectivity index (χ0v) is 8.76. The van der Waals surface area contributed by atoms with E-state index >= 15 is 0 Å².